The van der Waals surface area contributed by atoms with Crippen molar-refractivity contribution in [2.45, 2.75) is 25.7 Å². The molecule has 0 unspecified atom stereocenters. The molecule has 1 heterocycles. The van der Waals surface area contributed by atoms with Crippen LogP contribution in [0.1, 0.15) is 31.0 Å². The van der Waals surface area contributed by atoms with Crippen molar-refractivity contribution in [3.05, 3.63) is 16.1 Å². The molecule has 14 heavy (non-hydrogen) atoms. The lowest BCUT2D eigenvalue weighted by Crippen LogP contribution is -2.28. The molecule has 0 saturated carbocycles. The molecule has 0 aliphatic carbocycles. The average molecular weight is 221 g/mol. The topological polar surface area (TPSA) is 50.2 Å². The third-order valence-electron chi connectivity index (χ3n) is 1.81. The predicted octanol–water partition coefficient (Wildman–Crippen LogP) is 2.44. The number of carbonyl (C=O) groups is 1. The van der Waals surface area contributed by atoms with E-state index in [-0.39, 0.29) is 10.7 Å². The van der Waals surface area contributed by atoms with Crippen LogP contribution in [0, 0.1) is 0 Å². The fraction of sp³-hybridized carbons (Fsp3) is 0.500. The number of carboxylic acids is 1. The Morgan fingerprint density at radius 1 is 1.64 bits per heavy atom. The molecule has 0 saturated heterocycles. The lowest BCUT2D eigenvalue weighted by molar-refractivity contribution is -0.142. The number of thiazole rings is 1. The highest BCUT2D eigenvalue weighted by atomic mass is 32.1. The number of aliphatic carboxylic acids is 1. The Morgan fingerprint density at radius 2 is 2.21 bits per heavy atom. The Bertz CT molecular complexity index is 349. The normalized spacial score (nSPS) is 12.1. The molecule has 0 aliphatic rings. The molecule has 0 atom stereocenters. The van der Waals surface area contributed by atoms with E-state index in [9.17, 15) is 13.6 Å². The smallest absolute Gasteiger partial charge is 0.316 e. The van der Waals surface area contributed by atoms with Gasteiger partial charge < -0.3 is 5.11 Å². The maximum Gasteiger partial charge on any atom is 0.316 e. The Kier molecular flexibility index (Phi) is 2.84. The first-order valence-corrected chi connectivity index (χ1v) is 4.71. The third kappa shape index (κ3) is 1.89. The zero-order chi connectivity index (χ0) is 10.9. The molecule has 3 nitrogen and oxygen atoms in total. The Hall–Kier alpha value is -1.04. The minimum atomic E-state index is -2.65. The van der Waals surface area contributed by atoms with Crippen LogP contribution in [0.3, 0.4) is 0 Å². The fourth-order valence-electron chi connectivity index (χ4n) is 0.765. The minimum Gasteiger partial charge on any atom is -0.481 e. The summed E-state index contributed by atoms with van der Waals surface area (Å²) in [7, 11) is 0. The molecule has 0 spiro atoms. The van der Waals surface area contributed by atoms with Crippen molar-refractivity contribution in [1.29, 1.82) is 0 Å². The highest BCUT2D eigenvalue weighted by Gasteiger charge is 2.33. The Labute approximate surface area is 83.4 Å². The van der Waals surface area contributed by atoms with Gasteiger partial charge >= 0.3 is 5.97 Å². The van der Waals surface area contributed by atoms with Crippen molar-refractivity contribution in [3.8, 4) is 0 Å². The molecule has 0 amide bonds. The molecule has 78 valence electrons. The van der Waals surface area contributed by atoms with E-state index in [4.69, 9.17) is 5.11 Å². The molecule has 0 aromatic carbocycles. The van der Waals surface area contributed by atoms with Gasteiger partial charge in [0.15, 0.2) is 0 Å². The van der Waals surface area contributed by atoms with Gasteiger partial charge in [-0.25, -0.2) is 13.8 Å². The summed E-state index contributed by atoms with van der Waals surface area (Å²) < 4.78 is 24.3. The molecule has 0 fully saturated rings. The number of alkyl halides is 2. The fourth-order valence-corrected chi connectivity index (χ4v) is 1.69. The van der Waals surface area contributed by atoms with E-state index in [2.05, 4.69) is 4.98 Å². The SMILES string of the molecule is CC(C)(C(=O)O)c1nc(C(F)F)cs1. The van der Waals surface area contributed by atoms with E-state index < -0.39 is 17.8 Å². The Balaban J connectivity index is 3.03. The predicted molar refractivity (Wildman–Crippen MR) is 47.7 cm³/mol. The molecule has 0 bridgehead atoms. The first-order chi connectivity index (χ1) is 6.35. The number of aromatic nitrogens is 1. The summed E-state index contributed by atoms with van der Waals surface area (Å²) >= 11 is 0.941. The first kappa shape index (κ1) is 11.0. The van der Waals surface area contributed by atoms with Crippen LogP contribution in [-0.4, -0.2) is 16.1 Å². The molecule has 0 radical (unpaired) electrons. The first-order valence-electron chi connectivity index (χ1n) is 3.83. The van der Waals surface area contributed by atoms with Gasteiger partial charge in [0.25, 0.3) is 6.43 Å². The summed E-state index contributed by atoms with van der Waals surface area (Å²) in [6.45, 7) is 2.87. The van der Waals surface area contributed by atoms with Gasteiger partial charge in [-0.3, -0.25) is 4.79 Å². The van der Waals surface area contributed by atoms with Gasteiger partial charge in [-0.15, -0.1) is 11.3 Å². The van der Waals surface area contributed by atoms with E-state index in [1.165, 1.54) is 19.2 Å². The highest BCUT2D eigenvalue weighted by molar-refractivity contribution is 7.10. The van der Waals surface area contributed by atoms with Gasteiger partial charge in [-0.2, -0.15) is 0 Å². The standard InChI is InChI=1S/C8H9F2NO2S/c1-8(2,7(12)13)6-11-4(3-14-6)5(9)10/h3,5H,1-2H3,(H,12,13). The van der Waals surface area contributed by atoms with Crippen molar-refractivity contribution < 1.29 is 18.7 Å². The summed E-state index contributed by atoms with van der Waals surface area (Å²) in [5, 5.41) is 10.2. The number of halogens is 2. The minimum absolute atomic E-state index is 0.195. The summed E-state index contributed by atoms with van der Waals surface area (Å²) in [5.74, 6) is -1.08. The molecule has 1 rings (SSSR count). The highest BCUT2D eigenvalue weighted by Crippen LogP contribution is 2.29. The summed E-state index contributed by atoms with van der Waals surface area (Å²) in [4.78, 5) is 14.4. The van der Waals surface area contributed by atoms with E-state index in [0.717, 1.165) is 11.3 Å². The van der Waals surface area contributed by atoms with Crippen LogP contribution in [0.25, 0.3) is 0 Å². The Morgan fingerprint density at radius 3 is 2.57 bits per heavy atom. The molecule has 6 heteroatoms. The summed E-state index contributed by atoms with van der Waals surface area (Å²) in [6, 6.07) is 0. The molecule has 0 aliphatic heterocycles. The maximum absolute atomic E-state index is 12.2. The van der Waals surface area contributed by atoms with Crippen LogP contribution in [0.15, 0.2) is 5.38 Å². The van der Waals surface area contributed by atoms with Crippen LogP contribution in [-0.2, 0) is 10.2 Å². The van der Waals surface area contributed by atoms with E-state index >= 15 is 0 Å². The van der Waals surface area contributed by atoms with Gasteiger partial charge in [0.05, 0.1) is 0 Å². The number of rotatable bonds is 3. The second-order valence-electron chi connectivity index (χ2n) is 3.31. The van der Waals surface area contributed by atoms with Crippen molar-refractivity contribution in [3.63, 3.8) is 0 Å². The summed E-state index contributed by atoms with van der Waals surface area (Å²) in [5.41, 5.74) is -1.57. The van der Waals surface area contributed by atoms with Gasteiger partial charge in [-0.05, 0) is 13.8 Å². The van der Waals surface area contributed by atoms with Gasteiger partial charge in [0, 0.05) is 5.38 Å². The lowest BCUT2D eigenvalue weighted by Gasteiger charge is -2.14. The lowest BCUT2D eigenvalue weighted by atomic mass is 9.95. The van der Waals surface area contributed by atoms with Crippen molar-refractivity contribution >= 4 is 17.3 Å². The van der Waals surface area contributed by atoms with Crippen molar-refractivity contribution in [2.24, 2.45) is 0 Å². The number of carboxylic acid groups (broad SMARTS) is 1. The third-order valence-corrected chi connectivity index (χ3v) is 3.00. The molecular formula is C8H9F2NO2S. The van der Waals surface area contributed by atoms with Gasteiger partial charge in [0.1, 0.15) is 16.1 Å². The monoisotopic (exact) mass is 221 g/mol. The second-order valence-corrected chi connectivity index (χ2v) is 4.17. The number of hydrogen-bond acceptors (Lipinski definition) is 3. The van der Waals surface area contributed by atoms with Gasteiger partial charge in [-0.1, -0.05) is 0 Å². The van der Waals surface area contributed by atoms with Crippen LogP contribution in [0.5, 0.6) is 0 Å². The van der Waals surface area contributed by atoms with Crippen molar-refractivity contribution in [2.75, 3.05) is 0 Å². The van der Waals surface area contributed by atoms with Gasteiger partial charge in [0.2, 0.25) is 0 Å². The zero-order valence-corrected chi connectivity index (χ0v) is 8.44. The zero-order valence-electron chi connectivity index (χ0n) is 7.62. The quantitative estimate of drug-likeness (QED) is 0.852. The van der Waals surface area contributed by atoms with E-state index in [1.54, 1.807) is 0 Å². The largest absolute Gasteiger partial charge is 0.481 e. The van der Waals surface area contributed by atoms with Crippen LogP contribution in [0.4, 0.5) is 8.78 Å². The van der Waals surface area contributed by atoms with Crippen LogP contribution < -0.4 is 0 Å². The second kappa shape index (κ2) is 3.61. The average Bonchev–Trinajstić information content (AvgIpc) is 2.51. The van der Waals surface area contributed by atoms with E-state index in [1.807, 2.05) is 0 Å². The molecule has 1 aromatic rings. The molecular weight excluding hydrogens is 212 g/mol. The van der Waals surface area contributed by atoms with Crippen LogP contribution in [0.2, 0.25) is 0 Å². The molecule has 1 N–H and O–H groups in total. The van der Waals surface area contributed by atoms with Crippen LogP contribution >= 0.6 is 11.3 Å². The van der Waals surface area contributed by atoms with E-state index in [0.29, 0.717) is 0 Å². The summed E-state index contributed by atoms with van der Waals surface area (Å²) in [6.07, 6.45) is -2.65. The molecule has 1 aromatic heterocycles. The maximum atomic E-state index is 12.2. The van der Waals surface area contributed by atoms with Crippen molar-refractivity contribution in [1.82, 2.24) is 4.98 Å². The number of hydrogen-bond donors (Lipinski definition) is 1. The number of nitrogens with zero attached hydrogens (tertiary/aromatic N) is 1.